The van der Waals surface area contributed by atoms with Gasteiger partial charge in [-0.1, -0.05) is 19.6 Å². The molecule has 3 heterocycles. The average Bonchev–Trinajstić information content (AvgIpc) is 3.34. The highest BCUT2D eigenvalue weighted by molar-refractivity contribution is 6.76. The number of amides is 2. The summed E-state index contributed by atoms with van der Waals surface area (Å²) in [6.45, 7) is 11.9. The van der Waals surface area contributed by atoms with Crippen LogP contribution in [-0.2, 0) is 20.9 Å². The van der Waals surface area contributed by atoms with Gasteiger partial charge in [0.2, 0.25) is 0 Å². The fourth-order valence-electron chi connectivity index (χ4n) is 5.98. The second-order valence-corrected chi connectivity index (χ2v) is 20.0. The quantitative estimate of drug-likeness (QED) is 0.201. The summed E-state index contributed by atoms with van der Waals surface area (Å²) in [5, 5.41) is 0.857. The van der Waals surface area contributed by atoms with Crippen molar-refractivity contribution in [2.75, 3.05) is 45.1 Å². The topological polar surface area (TPSA) is 89.4 Å². The molecular formula is C31H48F3N5O5Si. The largest absolute Gasteiger partial charge is 0.444 e. The first-order valence-corrected chi connectivity index (χ1v) is 19.3. The van der Waals surface area contributed by atoms with Crippen LogP contribution in [0.3, 0.4) is 0 Å². The van der Waals surface area contributed by atoms with Crippen LogP contribution < -0.4 is 4.90 Å². The van der Waals surface area contributed by atoms with Crippen molar-refractivity contribution >= 4 is 36.8 Å². The lowest BCUT2D eigenvalue weighted by atomic mass is 9.84. The van der Waals surface area contributed by atoms with Crippen molar-refractivity contribution in [1.82, 2.24) is 19.4 Å². The number of halogens is 3. The van der Waals surface area contributed by atoms with E-state index in [1.165, 1.54) is 0 Å². The Kier molecular flexibility index (Phi) is 10.8. The van der Waals surface area contributed by atoms with E-state index in [-0.39, 0.29) is 31.1 Å². The van der Waals surface area contributed by atoms with Crippen LogP contribution in [0, 0.1) is 5.92 Å². The molecule has 1 aliphatic heterocycles. The average molecular weight is 656 g/mol. The number of alkyl halides is 3. The molecule has 10 nitrogen and oxygen atoms in total. The molecule has 4 rings (SSSR count). The van der Waals surface area contributed by atoms with Gasteiger partial charge >= 0.3 is 12.3 Å². The van der Waals surface area contributed by atoms with Crippen LogP contribution in [0.5, 0.6) is 0 Å². The smallest absolute Gasteiger partial charge is 0.410 e. The Hall–Kier alpha value is -2.84. The molecule has 0 spiro atoms. The molecule has 1 fully saturated rings. The maximum Gasteiger partial charge on any atom is 0.410 e. The molecular weight excluding hydrogens is 607 g/mol. The Morgan fingerprint density at radius 1 is 1.11 bits per heavy atom. The zero-order valence-corrected chi connectivity index (χ0v) is 28.6. The van der Waals surface area contributed by atoms with Crippen molar-refractivity contribution in [3.63, 3.8) is 0 Å². The molecule has 45 heavy (non-hydrogen) atoms. The van der Waals surface area contributed by atoms with Crippen LogP contribution in [0.15, 0.2) is 18.5 Å². The minimum Gasteiger partial charge on any atom is -0.444 e. The number of fused-ring (bicyclic) bond motifs is 3. The molecule has 1 aliphatic carbocycles. The molecule has 0 saturated heterocycles. The van der Waals surface area contributed by atoms with E-state index in [0.29, 0.717) is 51.3 Å². The van der Waals surface area contributed by atoms with Gasteiger partial charge in [0.05, 0.1) is 17.9 Å². The van der Waals surface area contributed by atoms with E-state index in [9.17, 15) is 22.8 Å². The van der Waals surface area contributed by atoms with E-state index < -0.39 is 32.5 Å². The van der Waals surface area contributed by atoms with Gasteiger partial charge in [-0.05, 0) is 64.5 Å². The monoisotopic (exact) mass is 655 g/mol. The molecule has 0 unspecified atom stereocenters. The first-order chi connectivity index (χ1) is 21.0. The third-order valence-corrected chi connectivity index (χ3v) is 9.86. The van der Waals surface area contributed by atoms with Gasteiger partial charge in [-0.25, -0.2) is 9.78 Å². The summed E-state index contributed by atoms with van der Waals surface area (Å²) in [4.78, 5) is 35.4. The molecule has 2 aromatic rings. The minimum atomic E-state index is -4.53. The van der Waals surface area contributed by atoms with E-state index in [0.717, 1.165) is 27.7 Å². The number of aromatic nitrogens is 2. The SMILES string of the molecule is COCN1CN([C@H]2CC[C@H](CN(CC(F)(F)F)C(=O)OC(C)(C)C)CC2)c2c(cnc3c2ccn3COCC[Si](C)(C)C)C1=O. The maximum absolute atomic E-state index is 13.5. The Morgan fingerprint density at radius 3 is 2.40 bits per heavy atom. The van der Waals surface area contributed by atoms with Crippen LogP contribution in [-0.4, -0.2) is 97.5 Å². The molecule has 2 aromatic heterocycles. The first-order valence-electron chi connectivity index (χ1n) is 15.6. The van der Waals surface area contributed by atoms with Gasteiger partial charge in [-0.2, -0.15) is 13.2 Å². The Balaban J connectivity index is 1.53. The molecule has 0 atom stereocenters. The van der Waals surface area contributed by atoms with E-state index in [1.54, 1.807) is 39.0 Å². The summed E-state index contributed by atoms with van der Waals surface area (Å²) in [5.41, 5.74) is 1.14. The molecule has 0 radical (unpaired) electrons. The number of pyridine rings is 1. The zero-order chi connectivity index (χ0) is 33.2. The third kappa shape index (κ3) is 9.35. The van der Waals surface area contributed by atoms with Crippen LogP contribution in [0.1, 0.15) is 56.8 Å². The van der Waals surface area contributed by atoms with Gasteiger partial charge in [-0.3, -0.25) is 14.6 Å². The molecule has 2 amide bonds. The minimum absolute atomic E-state index is 0.0270. The summed E-state index contributed by atoms with van der Waals surface area (Å²) in [7, 11) is 0.314. The number of nitrogens with zero attached hydrogens (tertiary/aromatic N) is 5. The number of hydrogen-bond acceptors (Lipinski definition) is 7. The van der Waals surface area contributed by atoms with Crippen molar-refractivity contribution in [2.45, 2.75) is 96.7 Å². The summed E-state index contributed by atoms with van der Waals surface area (Å²) >= 11 is 0. The van der Waals surface area contributed by atoms with Gasteiger partial charge in [0.1, 0.15) is 31.3 Å². The van der Waals surface area contributed by atoms with Gasteiger partial charge < -0.3 is 23.7 Å². The Morgan fingerprint density at radius 2 is 1.80 bits per heavy atom. The highest BCUT2D eigenvalue weighted by atomic mass is 28.3. The number of anilines is 1. The number of carbonyl (C=O) groups excluding carboxylic acids is 2. The Bertz CT molecular complexity index is 1330. The highest BCUT2D eigenvalue weighted by Crippen LogP contribution is 2.40. The Labute approximate surface area is 264 Å². The molecule has 1 saturated carbocycles. The van der Waals surface area contributed by atoms with Gasteiger partial charge in [0, 0.05) is 52.2 Å². The first kappa shape index (κ1) is 35.0. The number of carbonyl (C=O) groups is 2. The van der Waals surface area contributed by atoms with Crippen LogP contribution in [0.25, 0.3) is 11.0 Å². The molecule has 14 heteroatoms. The molecule has 2 aliphatic rings. The van der Waals surface area contributed by atoms with Crippen molar-refractivity contribution in [2.24, 2.45) is 5.92 Å². The molecule has 0 aromatic carbocycles. The number of rotatable bonds is 11. The zero-order valence-electron chi connectivity index (χ0n) is 27.6. The normalized spacial score (nSPS) is 19.6. The molecule has 252 valence electrons. The lowest BCUT2D eigenvalue weighted by Gasteiger charge is -2.45. The van der Waals surface area contributed by atoms with Crippen molar-refractivity contribution < 1.29 is 37.0 Å². The third-order valence-electron chi connectivity index (χ3n) is 8.16. The van der Waals surface area contributed by atoms with Crippen molar-refractivity contribution in [1.29, 1.82) is 0 Å². The van der Waals surface area contributed by atoms with E-state index >= 15 is 0 Å². The standard InChI is InChI=1S/C31H48F3N5O5Si/c1-30(2,3)44-29(41)37(18-31(32,33)34)17-22-8-10-23(11-9-22)39-19-38(20-42-4)28(40)25-16-35-27-24(26(25)39)12-13-36(27)21-43-14-15-45(5,6)7/h12-13,16,22-23H,8-11,14-15,17-21H2,1-7H3/t22-,23-. The summed E-state index contributed by atoms with van der Waals surface area (Å²) in [6.07, 6.45) is 0.712. The fraction of sp³-hybridized carbons (Fsp3) is 0.710. The van der Waals surface area contributed by atoms with Crippen molar-refractivity contribution in [3.05, 3.63) is 24.0 Å². The van der Waals surface area contributed by atoms with Gasteiger partial charge in [0.15, 0.2) is 0 Å². The lowest BCUT2D eigenvalue weighted by molar-refractivity contribution is -0.146. The van der Waals surface area contributed by atoms with Crippen LogP contribution >= 0.6 is 0 Å². The number of hydrogen-bond donors (Lipinski definition) is 0. The van der Waals surface area contributed by atoms with E-state index in [2.05, 4.69) is 29.5 Å². The highest BCUT2D eigenvalue weighted by Gasteiger charge is 2.39. The summed E-state index contributed by atoms with van der Waals surface area (Å²) < 4.78 is 58.7. The van der Waals surface area contributed by atoms with Crippen molar-refractivity contribution in [3.8, 4) is 0 Å². The predicted molar refractivity (Wildman–Crippen MR) is 169 cm³/mol. The number of methoxy groups -OCH3 is 1. The van der Waals surface area contributed by atoms with Gasteiger partial charge in [-0.15, -0.1) is 0 Å². The molecule has 0 bridgehead atoms. The maximum atomic E-state index is 13.5. The van der Waals surface area contributed by atoms with Crippen LogP contribution in [0.2, 0.25) is 25.7 Å². The predicted octanol–water partition coefficient (Wildman–Crippen LogP) is 6.53. The second kappa shape index (κ2) is 13.9. The summed E-state index contributed by atoms with van der Waals surface area (Å²) in [5.74, 6) is -0.269. The van der Waals surface area contributed by atoms with Gasteiger partial charge in [0.25, 0.3) is 5.91 Å². The second-order valence-electron chi connectivity index (χ2n) is 14.4. The number of ether oxygens (including phenoxy) is 3. The van der Waals surface area contributed by atoms with Crippen LogP contribution in [0.4, 0.5) is 23.7 Å². The van der Waals surface area contributed by atoms with E-state index in [1.807, 2.05) is 16.8 Å². The molecule has 0 N–H and O–H groups in total. The fourth-order valence-corrected chi connectivity index (χ4v) is 6.73. The lowest BCUT2D eigenvalue weighted by Crippen LogP contribution is -2.52. The summed E-state index contributed by atoms with van der Waals surface area (Å²) in [6, 6.07) is 3.06. The van der Waals surface area contributed by atoms with E-state index in [4.69, 9.17) is 14.2 Å².